The van der Waals surface area contributed by atoms with Gasteiger partial charge in [0.25, 0.3) is 0 Å². The fourth-order valence-corrected chi connectivity index (χ4v) is 1.21. The molecule has 1 fully saturated rings. The number of nitrogens with two attached hydrogens (primary N) is 1. The molecule has 1 aliphatic rings. The van der Waals surface area contributed by atoms with E-state index in [9.17, 15) is 9.00 Å². The number of primary amides is 1. The number of carbonyl (C=O) groups is 1. The first-order valence-corrected chi connectivity index (χ1v) is 4.47. The number of hydrogen-bond donors (Lipinski definition) is 3. The van der Waals surface area contributed by atoms with Gasteiger partial charge in [0.2, 0.25) is 0 Å². The van der Waals surface area contributed by atoms with Crippen LogP contribution in [0.3, 0.4) is 0 Å². The van der Waals surface area contributed by atoms with E-state index in [1.807, 2.05) is 0 Å². The maximum atomic E-state index is 10.8. The predicted octanol–water partition coefficient (Wildman–Crippen LogP) is -2.69. The minimum atomic E-state index is -2.06. The Balaban J connectivity index is 0.00000169. The molecule has 4 N–H and O–H groups in total. The van der Waals surface area contributed by atoms with Crippen molar-refractivity contribution in [2.45, 2.75) is 0 Å². The standard InChI is InChI=1S/C4H10N4O4S.Na.H/c5-4(9)7-11-13(10)12-8-2-1-6-3-8;;/h6H,1-3H2,(H3,5,7,9);;. The second-order valence-electron chi connectivity index (χ2n) is 2.19. The van der Waals surface area contributed by atoms with Crippen LogP contribution >= 0.6 is 0 Å². The molecule has 1 rings (SSSR count). The number of urea groups is 1. The van der Waals surface area contributed by atoms with Crippen LogP contribution in [-0.2, 0) is 19.9 Å². The van der Waals surface area contributed by atoms with E-state index >= 15 is 0 Å². The normalized spacial score (nSPS) is 18.6. The first-order valence-electron chi connectivity index (χ1n) is 3.47. The van der Waals surface area contributed by atoms with Crippen LogP contribution in [-0.4, -0.2) is 64.6 Å². The number of nitrogens with one attached hydrogen (secondary N) is 2. The molecule has 78 valence electrons. The van der Waals surface area contributed by atoms with Crippen molar-refractivity contribution in [1.29, 1.82) is 0 Å². The van der Waals surface area contributed by atoms with Gasteiger partial charge in [-0.05, 0) is 0 Å². The summed E-state index contributed by atoms with van der Waals surface area (Å²) in [6, 6.07) is -0.934. The molecule has 1 unspecified atom stereocenters. The minimum absolute atomic E-state index is 0. The summed E-state index contributed by atoms with van der Waals surface area (Å²) in [6.45, 7) is 1.82. The van der Waals surface area contributed by atoms with Gasteiger partial charge in [-0.1, -0.05) is 0 Å². The predicted molar refractivity (Wildman–Crippen MR) is 49.8 cm³/mol. The van der Waals surface area contributed by atoms with E-state index in [1.54, 1.807) is 5.48 Å². The van der Waals surface area contributed by atoms with Gasteiger partial charge in [0, 0.05) is 13.1 Å². The van der Waals surface area contributed by atoms with Crippen molar-refractivity contribution in [3.05, 3.63) is 0 Å². The van der Waals surface area contributed by atoms with Gasteiger partial charge in [-0.3, -0.25) is 0 Å². The molecule has 8 nitrogen and oxygen atoms in total. The van der Waals surface area contributed by atoms with Crippen LogP contribution in [0.15, 0.2) is 0 Å². The summed E-state index contributed by atoms with van der Waals surface area (Å²) in [5.41, 5.74) is 6.34. The molecule has 0 aliphatic carbocycles. The Kier molecular flexibility index (Phi) is 7.68. The molecule has 1 heterocycles. The molecule has 2 amide bonds. The second-order valence-corrected chi connectivity index (χ2v) is 2.92. The SMILES string of the molecule is NC(=O)NOS(=O)ON1CCNC1.[NaH]. The molecule has 0 bridgehead atoms. The van der Waals surface area contributed by atoms with Crippen molar-refractivity contribution < 1.29 is 17.6 Å². The van der Waals surface area contributed by atoms with E-state index in [2.05, 4.69) is 15.3 Å². The zero-order chi connectivity index (χ0) is 9.68. The van der Waals surface area contributed by atoms with Crippen molar-refractivity contribution in [1.82, 2.24) is 15.9 Å². The third-order valence-electron chi connectivity index (χ3n) is 1.20. The number of rotatable bonds is 4. The fourth-order valence-electron chi connectivity index (χ4n) is 0.727. The van der Waals surface area contributed by atoms with Crippen molar-refractivity contribution in [3.8, 4) is 0 Å². The summed E-state index contributed by atoms with van der Waals surface area (Å²) in [4.78, 5) is 10.1. The monoisotopic (exact) mass is 234 g/mol. The maximum absolute atomic E-state index is 10.8. The Morgan fingerprint density at radius 3 is 2.86 bits per heavy atom. The number of nitrogens with zero attached hydrogens (tertiary/aromatic N) is 1. The molecule has 1 atom stereocenters. The van der Waals surface area contributed by atoms with Gasteiger partial charge in [-0.2, -0.15) is 19.0 Å². The summed E-state index contributed by atoms with van der Waals surface area (Å²) in [5, 5.41) is 4.34. The molecule has 0 saturated carbocycles. The van der Waals surface area contributed by atoms with E-state index in [0.29, 0.717) is 13.2 Å². The van der Waals surface area contributed by atoms with Crippen LogP contribution in [0.5, 0.6) is 0 Å². The molecule has 0 aromatic heterocycles. The van der Waals surface area contributed by atoms with Crippen LogP contribution in [0.25, 0.3) is 0 Å². The van der Waals surface area contributed by atoms with E-state index in [0.717, 1.165) is 6.54 Å². The fraction of sp³-hybridized carbons (Fsp3) is 0.750. The Labute approximate surface area is 106 Å². The Morgan fingerprint density at radius 2 is 2.36 bits per heavy atom. The number of hydrogen-bond acceptors (Lipinski definition) is 6. The van der Waals surface area contributed by atoms with Gasteiger partial charge in [-0.15, -0.1) is 4.28 Å². The van der Waals surface area contributed by atoms with Gasteiger partial charge in [-0.25, -0.2) is 4.79 Å². The first-order chi connectivity index (χ1) is 6.18. The Morgan fingerprint density at radius 1 is 1.64 bits per heavy atom. The topological polar surface area (TPSA) is 106 Å². The summed E-state index contributed by atoms with van der Waals surface area (Å²) < 4.78 is 19.8. The second kappa shape index (κ2) is 7.54. The van der Waals surface area contributed by atoms with Gasteiger partial charge in [0.15, 0.2) is 0 Å². The third-order valence-corrected chi connectivity index (χ3v) is 1.75. The van der Waals surface area contributed by atoms with Crippen molar-refractivity contribution in [3.63, 3.8) is 0 Å². The van der Waals surface area contributed by atoms with Crippen molar-refractivity contribution in [2.24, 2.45) is 5.73 Å². The van der Waals surface area contributed by atoms with Gasteiger partial charge in [0.05, 0.1) is 6.67 Å². The van der Waals surface area contributed by atoms with E-state index in [4.69, 9.17) is 4.28 Å². The summed E-state index contributed by atoms with van der Waals surface area (Å²) >= 11 is -2.06. The zero-order valence-corrected chi connectivity index (χ0v) is 7.50. The van der Waals surface area contributed by atoms with E-state index in [-0.39, 0.29) is 29.6 Å². The summed E-state index contributed by atoms with van der Waals surface area (Å²) in [5.74, 6) is 0. The molecular formula is C4H11N4NaO4S. The van der Waals surface area contributed by atoms with E-state index < -0.39 is 17.4 Å². The molecule has 0 spiro atoms. The summed E-state index contributed by atoms with van der Waals surface area (Å²) in [7, 11) is 0. The van der Waals surface area contributed by atoms with Crippen LogP contribution < -0.4 is 16.5 Å². The molecule has 0 aromatic carbocycles. The Bertz CT molecular complexity index is 212. The molecule has 0 radical (unpaired) electrons. The molecule has 1 saturated heterocycles. The number of amides is 2. The average Bonchev–Trinajstić information content (AvgIpc) is 2.53. The molecular weight excluding hydrogens is 223 g/mol. The van der Waals surface area contributed by atoms with Crippen LogP contribution in [0, 0.1) is 0 Å². The van der Waals surface area contributed by atoms with Gasteiger partial charge < -0.3 is 11.1 Å². The van der Waals surface area contributed by atoms with Crippen molar-refractivity contribution >= 4 is 46.9 Å². The first kappa shape index (κ1) is 14.3. The molecule has 10 heteroatoms. The third kappa shape index (κ3) is 5.88. The Hall–Kier alpha value is 0.260. The summed E-state index contributed by atoms with van der Waals surface area (Å²) in [6.07, 6.45) is 0. The number of hydroxylamine groups is 3. The molecule has 0 aromatic rings. The van der Waals surface area contributed by atoms with Crippen molar-refractivity contribution in [2.75, 3.05) is 19.8 Å². The van der Waals surface area contributed by atoms with Gasteiger partial charge >= 0.3 is 46.9 Å². The number of carbonyl (C=O) groups excluding carboxylic acids is 1. The molecule has 1 aliphatic heterocycles. The average molecular weight is 234 g/mol. The molecule has 14 heavy (non-hydrogen) atoms. The van der Waals surface area contributed by atoms with Gasteiger partial charge in [0.1, 0.15) is 0 Å². The van der Waals surface area contributed by atoms with Crippen LogP contribution in [0.4, 0.5) is 4.79 Å². The zero-order valence-electron chi connectivity index (χ0n) is 6.69. The van der Waals surface area contributed by atoms with Crippen LogP contribution in [0.1, 0.15) is 0 Å². The van der Waals surface area contributed by atoms with E-state index in [1.165, 1.54) is 5.06 Å². The van der Waals surface area contributed by atoms with Crippen LogP contribution in [0.2, 0.25) is 0 Å². The quantitative estimate of drug-likeness (QED) is 0.361.